The van der Waals surface area contributed by atoms with Gasteiger partial charge in [0.15, 0.2) is 0 Å². The molecule has 2 aromatic carbocycles. The summed E-state index contributed by atoms with van der Waals surface area (Å²) in [6, 6.07) is 9.27. The summed E-state index contributed by atoms with van der Waals surface area (Å²) in [5.74, 6) is 0.422. The van der Waals surface area contributed by atoms with Crippen molar-refractivity contribution in [2.24, 2.45) is 5.73 Å². The molecular weight excluding hydrogens is 379 g/mol. The molecule has 2 aromatic rings. The van der Waals surface area contributed by atoms with Crippen molar-refractivity contribution in [3.63, 3.8) is 0 Å². The Morgan fingerprint density at radius 3 is 2.42 bits per heavy atom. The lowest BCUT2D eigenvalue weighted by Gasteiger charge is -2.12. The van der Waals surface area contributed by atoms with Crippen LogP contribution in [0.25, 0.3) is 0 Å². The molecule has 0 atom stereocenters. The zero-order chi connectivity index (χ0) is 14.0. The average Bonchev–Trinajstić information content (AvgIpc) is 2.34. The maximum Gasteiger partial charge on any atom is 0.141 e. The molecule has 2 rings (SSSR count). The largest absolute Gasteiger partial charge is 0.455 e. The molecule has 0 saturated carbocycles. The molecule has 0 fully saturated rings. The Bertz CT molecular complexity index is 647. The molecular formula is C13H9Br2FN2O. The normalized spacial score (nSPS) is 10.3. The van der Waals surface area contributed by atoms with E-state index < -0.39 is 0 Å². The number of rotatable bonds is 3. The maximum atomic E-state index is 13.0. The zero-order valence-corrected chi connectivity index (χ0v) is 12.8. The summed E-state index contributed by atoms with van der Waals surface area (Å²) in [4.78, 5) is 0. The van der Waals surface area contributed by atoms with Gasteiger partial charge >= 0.3 is 0 Å². The number of hydrogen-bond donors (Lipinski definition) is 2. The second-order valence-corrected chi connectivity index (χ2v) is 5.50. The van der Waals surface area contributed by atoms with Gasteiger partial charge in [0.2, 0.25) is 0 Å². The van der Waals surface area contributed by atoms with E-state index in [1.807, 2.05) is 0 Å². The van der Waals surface area contributed by atoms with Gasteiger partial charge in [-0.05, 0) is 52.3 Å². The Morgan fingerprint density at radius 2 is 1.79 bits per heavy atom. The molecule has 0 radical (unpaired) electrons. The van der Waals surface area contributed by atoms with Gasteiger partial charge in [-0.1, -0.05) is 15.9 Å². The van der Waals surface area contributed by atoms with Crippen molar-refractivity contribution in [2.75, 3.05) is 0 Å². The van der Waals surface area contributed by atoms with Crippen molar-refractivity contribution in [3.8, 4) is 11.5 Å². The fraction of sp³-hybridized carbons (Fsp3) is 0. The van der Waals surface area contributed by atoms with E-state index in [4.69, 9.17) is 15.9 Å². The molecule has 0 aromatic heterocycles. The number of nitrogen functional groups attached to an aromatic ring is 1. The molecule has 0 unspecified atom stereocenters. The summed E-state index contributed by atoms with van der Waals surface area (Å²) in [5.41, 5.74) is 5.97. The third-order valence-corrected chi connectivity index (χ3v) is 3.46. The Morgan fingerprint density at radius 1 is 1.11 bits per heavy atom. The quantitative estimate of drug-likeness (QED) is 0.604. The molecule has 0 amide bonds. The lowest BCUT2D eigenvalue weighted by molar-refractivity contribution is 0.476. The number of nitrogens with two attached hydrogens (primary N) is 1. The van der Waals surface area contributed by atoms with E-state index in [0.717, 1.165) is 4.47 Å². The number of amidine groups is 1. The molecule has 3 N–H and O–H groups in total. The molecule has 0 spiro atoms. The van der Waals surface area contributed by atoms with Crippen molar-refractivity contribution >= 4 is 37.7 Å². The molecule has 6 heteroatoms. The highest BCUT2D eigenvalue weighted by molar-refractivity contribution is 9.10. The summed E-state index contributed by atoms with van der Waals surface area (Å²) >= 11 is 6.53. The van der Waals surface area contributed by atoms with E-state index in [1.165, 1.54) is 18.2 Å². The molecule has 0 aliphatic rings. The molecule has 0 aliphatic heterocycles. The van der Waals surface area contributed by atoms with Crippen molar-refractivity contribution in [1.29, 1.82) is 5.41 Å². The van der Waals surface area contributed by atoms with Crippen LogP contribution < -0.4 is 10.5 Å². The Kier molecular flexibility index (Phi) is 4.21. The lowest BCUT2D eigenvalue weighted by Crippen LogP contribution is -2.12. The lowest BCUT2D eigenvalue weighted by atomic mass is 10.2. The summed E-state index contributed by atoms with van der Waals surface area (Å²) in [5, 5.41) is 7.53. The predicted molar refractivity (Wildman–Crippen MR) is 79.3 cm³/mol. The Labute approximate surface area is 126 Å². The van der Waals surface area contributed by atoms with E-state index in [-0.39, 0.29) is 11.7 Å². The molecule has 0 aliphatic carbocycles. The van der Waals surface area contributed by atoms with Crippen molar-refractivity contribution < 1.29 is 9.13 Å². The first kappa shape index (κ1) is 14.0. The topological polar surface area (TPSA) is 59.1 Å². The average molecular weight is 388 g/mol. The third-order valence-electron chi connectivity index (χ3n) is 2.35. The van der Waals surface area contributed by atoms with E-state index in [0.29, 0.717) is 21.5 Å². The van der Waals surface area contributed by atoms with Crippen LogP contribution in [0.1, 0.15) is 5.56 Å². The fourth-order valence-corrected chi connectivity index (χ4v) is 2.27. The summed E-state index contributed by atoms with van der Waals surface area (Å²) in [7, 11) is 0. The van der Waals surface area contributed by atoms with Crippen LogP contribution in [-0.2, 0) is 0 Å². The molecule has 0 bridgehead atoms. The van der Waals surface area contributed by atoms with E-state index in [9.17, 15) is 4.39 Å². The van der Waals surface area contributed by atoms with Crippen LogP contribution in [0.3, 0.4) is 0 Å². The molecule has 19 heavy (non-hydrogen) atoms. The van der Waals surface area contributed by atoms with Crippen LogP contribution in [0.5, 0.6) is 11.5 Å². The first-order valence-electron chi connectivity index (χ1n) is 5.24. The van der Waals surface area contributed by atoms with Gasteiger partial charge in [-0.2, -0.15) is 0 Å². The molecule has 98 valence electrons. The fourth-order valence-electron chi connectivity index (χ4n) is 1.48. The molecule has 3 nitrogen and oxygen atoms in total. The van der Waals surface area contributed by atoms with E-state index in [1.54, 1.807) is 18.2 Å². The van der Waals surface area contributed by atoms with Gasteiger partial charge < -0.3 is 10.5 Å². The maximum absolute atomic E-state index is 13.0. The van der Waals surface area contributed by atoms with Crippen LogP contribution in [0.4, 0.5) is 4.39 Å². The Balaban J connectivity index is 2.40. The number of ether oxygens (including phenoxy) is 1. The highest BCUT2D eigenvalue weighted by Crippen LogP contribution is 2.32. The third kappa shape index (κ3) is 3.33. The zero-order valence-electron chi connectivity index (χ0n) is 9.58. The SMILES string of the molecule is N=C(N)c1cc(Br)ccc1Oc1ccc(F)cc1Br. The highest BCUT2D eigenvalue weighted by atomic mass is 79.9. The van der Waals surface area contributed by atoms with Crippen LogP contribution in [0.2, 0.25) is 0 Å². The standard InChI is InChI=1S/C13H9Br2FN2O/c14-7-1-3-11(9(5-7)13(17)18)19-12-4-2-8(16)6-10(12)15/h1-6H,(H3,17,18). The van der Waals surface area contributed by atoms with Gasteiger partial charge in [0.05, 0.1) is 10.0 Å². The minimum Gasteiger partial charge on any atom is -0.455 e. The predicted octanol–water partition coefficient (Wildman–Crippen LogP) is 4.43. The number of halogens is 3. The summed E-state index contributed by atoms with van der Waals surface area (Å²) in [6.45, 7) is 0. The summed E-state index contributed by atoms with van der Waals surface area (Å²) < 4.78 is 19.9. The monoisotopic (exact) mass is 386 g/mol. The van der Waals surface area contributed by atoms with Crippen molar-refractivity contribution in [1.82, 2.24) is 0 Å². The van der Waals surface area contributed by atoms with Crippen LogP contribution in [-0.4, -0.2) is 5.84 Å². The molecule has 0 heterocycles. The van der Waals surface area contributed by atoms with Gasteiger partial charge in [0.1, 0.15) is 23.2 Å². The Hall–Kier alpha value is -1.40. The smallest absolute Gasteiger partial charge is 0.141 e. The van der Waals surface area contributed by atoms with Crippen molar-refractivity contribution in [2.45, 2.75) is 0 Å². The van der Waals surface area contributed by atoms with Gasteiger partial charge in [-0.15, -0.1) is 0 Å². The first-order chi connectivity index (χ1) is 8.97. The molecule has 0 saturated heterocycles. The first-order valence-corrected chi connectivity index (χ1v) is 6.83. The van der Waals surface area contributed by atoms with Gasteiger partial charge in [-0.3, -0.25) is 5.41 Å². The highest BCUT2D eigenvalue weighted by Gasteiger charge is 2.10. The van der Waals surface area contributed by atoms with Gasteiger partial charge in [-0.25, -0.2) is 4.39 Å². The van der Waals surface area contributed by atoms with Crippen LogP contribution >= 0.6 is 31.9 Å². The van der Waals surface area contributed by atoms with Gasteiger partial charge in [0.25, 0.3) is 0 Å². The van der Waals surface area contributed by atoms with E-state index in [2.05, 4.69) is 31.9 Å². The second-order valence-electron chi connectivity index (χ2n) is 3.73. The minimum atomic E-state index is -0.359. The van der Waals surface area contributed by atoms with Crippen LogP contribution in [0.15, 0.2) is 45.3 Å². The van der Waals surface area contributed by atoms with E-state index >= 15 is 0 Å². The number of nitrogens with one attached hydrogen (secondary N) is 1. The van der Waals surface area contributed by atoms with Crippen LogP contribution in [0, 0.1) is 11.2 Å². The second kappa shape index (κ2) is 5.71. The minimum absolute atomic E-state index is 0.102. The summed E-state index contributed by atoms with van der Waals surface area (Å²) in [6.07, 6.45) is 0. The number of hydrogen-bond acceptors (Lipinski definition) is 2. The number of benzene rings is 2. The van der Waals surface area contributed by atoms with Crippen molar-refractivity contribution in [3.05, 3.63) is 56.7 Å². The van der Waals surface area contributed by atoms with Gasteiger partial charge in [0, 0.05) is 4.47 Å².